The Bertz CT molecular complexity index is 911. The standard InChI is InChI=1S/C25H25NO2/c1-25(17-20-11-5-2-6-12-20)24(27)28-19-23(22-15-9-4-10-16-22)26(25)18-21-13-7-3-8-14-21/h2-16,23H,17-19H2,1H3/t23-,25-/m0/s1. The van der Waals surface area contributed by atoms with E-state index in [9.17, 15) is 4.79 Å². The summed E-state index contributed by atoms with van der Waals surface area (Å²) in [5, 5.41) is 0. The molecular weight excluding hydrogens is 346 g/mol. The molecule has 3 aromatic carbocycles. The average molecular weight is 371 g/mol. The Morgan fingerprint density at radius 3 is 2.00 bits per heavy atom. The molecule has 1 heterocycles. The fraction of sp³-hybridized carbons (Fsp3) is 0.240. The first-order valence-corrected chi connectivity index (χ1v) is 9.73. The lowest BCUT2D eigenvalue weighted by Crippen LogP contribution is -2.60. The number of nitrogens with zero attached hydrogens (tertiary/aromatic N) is 1. The van der Waals surface area contributed by atoms with Crippen LogP contribution in [0.1, 0.15) is 29.7 Å². The Morgan fingerprint density at radius 2 is 1.39 bits per heavy atom. The van der Waals surface area contributed by atoms with Gasteiger partial charge in [0.25, 0.3) is 0 Å². The predicted octanol–water partition coefficient (Wildman–Crippen LogP) is 4.79. The molecule has 0 bridgehead atoms. The highest BCUT2D eigenvalue weighted by atomic mass is 16.5. The molecule has 0 saturated carbocycles. The van der Waals surface area contributed by atoms with Crippen LogP contribution in [-0.4, -0.2) is 23.0 Å². The van der Waals surface area contributed by atoms with Gasteiger partial charge in [0.2, 0.25) is 0 Å². The average Bonchev–Trinajstić information content (AvgIpc) is 2.74. The number of hydrogen-bond acceptors (Lipinski definition) is 3. The Hall–Kier alpha value is -2.91. The molecule has 3 aromatic rings. The molecular formula is C25H25NO2. The first-order chi connectivity index (χ1) is 13.7. The topological polar surface area (TPSA) is 29.5 Å². The molecule has 1 saturated heterocycles. The van der Waals surface area contributed by atoms with Crippen molar-refractivity contribution in [1.82, 2.24) is 4.90 Å². The van der Waals surface area contributed by atoms with Gasteiger partial charge in [0.15, 0.2) is 0 Å². The maximum Gasteiger partial charge on any atom is 0.326 e. The van der Waals surface area contributed by atoms with Gasteiger partial charge in [0.1, 0.15) is 12.1 Å². The van der Waals surface area contributed by atoms with E-state index in [1.165, 1.54) is 11.1 Å². The summed E-state index contributed by atoms with van der Waals surface area (Å²) >= 11 is 0. The summed E-state index contributed by atoms with van der Waals surface area (Å²) in [6.45, 7) is 3.08. The van der Waals surface area contributed by atoms with Crippen LogP contribution in [-0.2, 0) is 22.5 Å². The van der Waals surface area contributed by atoms with Crippen molar-refractivity contribution in [3.05, 3.63) is 108 Å². The normalized spacial score (nSPS) is 22.6. The van der Waals surface area contributed by atoms with Crippen LogP contribution in [0, 0.1) is 0 Å². The quantitative estimate of drug-likeness (QED) is 0.604. The number of carbonyl (C=O) groups excluding carboxylic acids is 1. The van der Waals surface area contributed by atoms with Crippen molar-refractivity contribution < 1.29 is 9.53 Å². The van der Waals surface area contributed by atoms with Crippen molar-refractivity contribution >= 4 is 5.97 Å². The SMILES string of the molecule is C[C@]1(Cc2ccccc2)C(=O)OC[C@@H](c2ccccc2)N1Cc1ccccc1. The summed E-state index contributed by atoms with van der Waals surface area (Å²) in [6, 6.07) is 30.9. The highest BCUT2D eigenvalue weighted by Gasteiger charge is 2.48. The Balaban J connectivity index is 1.74. The van der Waals surface area contributed by atoms with Gasteiger partial charge in [-0.2, -0.15) is 0 Å². The van der Waals surface area contributed by atoms with E-state index in [1.807, 2.05) is 61.5 Å². The smallest absolute Gasteiger partial charge is 0.326 e. The van der Waals surface area contributed by atoms with Crippen molar-refractivity contribution in [2.75, 3.05) is 6.61 Å². The van der Waals surface area contributed by atoms with Crippen molar-refractivity contribution in [2.24, 2.45) is 0 Å². The summed E-state index contributed by atoms with van der Waals surface area (Å²) in [6.07, 6.45) is 0.614. The van der Waals surface area contributed by atoms with E-state index < -0.39 is 5.54 Å². The van der Waals surface area contributed by atoms with E-state index in [-0.39, 0.29) is 12.0 Å². The van der Waals surface area contributed by atoms with Gasteiger partial charge in [0, 0.05) is 13.0 Å². The maximum atomic E-state index is 13.0. The van der Waals surface area contributed by atoms with Crippen molar-refractivity contribution in [3.8, 4) is 0 Å². The predicted molar refractivity (Wildman–Crippen MR) is 111 cm³/mol. The highest BCUT2D eigenvalue weighted by molar-refractivity contribution is 5.81. The van der Waals surface area contributed by atoms with Crippen LogP contribution in [0.25, 0.3) is 0 Å². The summed E-state index contributed by atoms with van der Waals surface area (Å²) < 4.78 is 5.72. The zero-order chi connectivity index (χ0) is 19.4. The fourth-order valence-corrected chi connectivity index (χ4v) is 4.04. The third-order valence-corrected chi connectivity index (χ3v) is 5.59. The van der Waals surface area contributed by atoms with Crippen LogP contribution in [0.3, 0.4) is 0 Å². The van der Waals surface area contributed by atoms with Gasteiger partial charge in [-0.1, -0.05) is 91.0 Å². The minimum Gasteiger partial charge on any atom is -0.462 e. The zero-order valence-corrected chi connectivity index (χ0v) is 16.1. The largest absolute Gasteiger partial charge is 0.462 e. The lowest BCUT2D eigenvalue weighted by Gasteiger charge is -2.48. The molecule has 0 aliphatic carbocycles. The molecule has 142 valence electrons. The number of hydrogen-bond donors (Lipinski definition) is 0. The van der Waals surface area contributed by atoms with Gasteiger partial charge >= 0.3 is 5.97 Å². The second-order valence-corrected chi connectivity index (χ2v) is 7.57. The van der Waals surface area contributed by atoms with E-state index in [4.69, 9.17) is 4.74 Å². The van der Waals surface area contributed by atoms with Gasteiger partial charge in [-0.05, 0) is 23.6 Å². The molecule has 0 radical (unpaired) electrons. The zero-order valence-electron chi connectivity index (χ0n) is 16.1. The molecule has 1 aliphatic heterocycles. The van der Waals surface area contributed by atoms with E-state index in [0.717, 1.165) is 5.56 Å². The molecule has 0 amide bonds. The van der Waals surface area contributed by atoms with Crippen LogP contribution in [0.2, 0.25) is 0 Å². The lowest BCUT2D eigenvalue weighted by molar-refractivity contribution is -0.175. The van der Waals surface area contributed by atoms with Crippen LogP contribution in [0.4, 0.5) is 0 Å². The summed E-state index contributed by atoms with van der Waals surface area (Å²) in [5.74, 6) is -0.153. The Labute approximate surface area is 166 Å². The minimum atomic E-state index is -0.740. The molecule has 1 fully saturated rings. The van der Waals surface area contributed by atoms with E-state index in [1.54, 1.807) is 0 Å². The molecule has 0 unspecified atom stereocenters. The summed E-state index contributed by atoms with van der Waals surface area (Å²) in [4.78, 5) is 15.3. The van der Waals surface area contributed by atoms with Gasteiger partial charge < -0.3 is 4.74 Å². The summed E-state index contributed by atoms with van der Waals surface area (Å²) in [7, 11) is 0. The number of benzene rings is 3. The van der Waals surface area contributed by atoms with Crippen LogP contribution < -0.4 is 0 Å². The first kappa shape index (κ1) is 18.5. The monoisotopic (exact) mass is 371 g/mol. The van der Waals surface area contributed by atoms with E-state index in [2.05, 4.69) is 41.3 Å². The highest BCUT2D eigenvalue weighted by Crippen LogP contribution is 2.37. The van der Waals surface area contributed by atoms with E-state index in [0.29, 0.717) is 19.6 Å². The summed E-state index contributed by atoms with van der Waals surface area (Å²) in [5.41, 5.74) is 2.76. The molecule has 1 aliphatic rings. The second kappa shape index (κ2) is 7.99. The fourth-order valence-electron chi connectivity index (χ4n) is 4.04. The van der Waals surface area contributed by atoms with Gasteiger partial charge in [-0.25, -0.2) is 0 Å². The maximum absolute atomic E-state index is 13.0. The molecule has 0 aromatic heterocycles. The molecule has 3 heteroatoms. The number of rotatable bonds is 5. The third-order valence-electron chi connectivity index (χ3n) is 5.59. The molecule has 2 atom stereocenters. The number of cyclic esters (lactones) is 1. The van der Waals surface area contributed by atoms with Crippen LogP contribution in [0.15, 0.2) is 91.0 Å². The first-order valence-electron chi connectivity index (χ1n) is 9.73. The number of ether oxygens (including phenoxy) is 1. The third kappa shape index (κ3) is 3.71. The molecule has 0 spiro atoms. The molecule has 4 rings (SSSR count). The van der Waals surface area contributed by atoms with Crippen LogP contribution in [0.5, 0.6) is 0 Å². The van der Waals surface area contributed by atoms with Gasteiger partial charge in [-0.15, -0.1) is 0 Å². The second-order valence-electron chi connectivity index (χ2n) is 7.57. The Kier molecular flexibility index (Phi) is 5.27. The van der Waals surface area contributed by atoms with Crippen molar-refractivity contribution in [3.63, 3.8) is 0 Å². The molecule has 0 N–H and O–H groups in total. The number of esters is 1. The van der Waals surface area contributed by atoms with Crippen molar-refractivity contribution in [1.29, 1.82) is 0 Å². The Morgan fingerprint density at radius 1 is 0.857 bits per heavy atom. The number of carbonyl (C=O) groups is 1. The number of morpholine rings is 1. The molecule has 28 heavy (non-hydrogen) atoms. The van der Waals surface area contributed by atoms with Crippen molar-refractivity contribution in [2.45, 2.75) is 31.5 Å². The van der Waals surface area contributed by atoms with Gasteiger partial charge in [-0.3, -0.25) is 9.69 Å². The lowest BCUT2D eigenvalue weighted by atomic mass is 9.86. The minimum absolute atomic E-state index is 0.0211. The van der Waals surface area contributed by atoms with Gasteiger partial charge in [0.05, 0.1) is 6.04 Å². The molecule has 3 nitrogen and oxygen atoms in total. The van der Waals surface area contributed by atoms with E-state index >= 15 is 0 Å². The van der Waals surface area contributed by atoms with Crippen LogP contribution >= 0.6 is 0 Å².